The number of hydrogen-bond acceptors (Lipinski definition) is 2. The molecule has 1 aliphatic heterocycles. The van der Waals surface area contributed by atoms with Gasteiger partial charge in [-0.2, -0.15) is 0 Å². The molecule has 0 aromatic rings. The van der Waals surface area contributed by atoms with Gasteiger partial charge >= 0.3 is 0 Å². The van der Waals surface area contributed by atoms with E-state index in [2.05, 4.69) is 5.32 Å². The van der Waals surface area contributed by atoms with E-state index in [0.717, 1.165) is 19.4 Å². The van der Waals surface area contributed by atoms with Crippen LogP contribution in [0.4, 0.5) is 0 Å². The largest absolute Gasteiger partial charge is 0.393 e. The Kier molecular flexibility index (Phi) is 2.66. The van der Waals surface area contributed by atoms with Crippen LogP contribution in [0.15, 0.2) is 0 Å². The average Bonchev–Trinajstić information content (AvgIpc) is 2.29. The molecule has 3 unspecified atom stereocenters. The van der Waals surface area contributed by atoms with E-state index in [9.17, 15) is 5.11 Å². The first-order valence-electron chi connectivity index (χ1n) is 5.29. The molecule has 1 heterocycles. The second-order valence-corrected chi connectivity index (χ2v) is 4.22. The molecule has 2 heteroatoms. The van der Waals surface area contributed by atoms with E-state index in [1.165, 1.54) is 25.7 Å². The maximum Gasteiger partial charge on any atom is 0.0583 e. The van der Waals surface area contributed by atoms with E-state index in [0.29, 0.717) is 12.0 Å². The molecular weight excluding hydrogens is 150 g/mol. The van der Waals surface area contributed by atoms with E-state index in [1.54, 1.807) is 0 Å². The van der Waals surface area contributed by atoms with Gasteiger partial charge in [0, 0.05) is 12.0 Å². The Hall–Kier alpha value is -0.0800. The van der Waals surface area contributed by atoms with Gasteiger partial charge in [-0.1, -0.05) is 12.8 Å². The Morgan fingerprint density at radius 1 is 1.00 bits per heavy atom. The summed E-state index contributed by atoms with van der Waals surface area (Å²) >= 11 is 0. The highest BCUT2D eigenvalue weighted by Crippen LogP contribution is 2.30. The van der Waals surface area contributed by atoms with Crippen molar-refractivity contribution < 1.29 is 5.11 Å². The van der Waals surface area contributed by atoms with Crippen molar-refractivity contribution in [2.24, 2.45) is 5.92 Å². The lowest BCUT2D eigenvalue weighted by Crippen LogP contribution is -2.41. The second-order valence-electron chi connectivity index (χ2n) is 4.22. The summed E-state index contributed by atoms with van der Waals surface area (Å²) in [5.74, 6) is 0.557. The molecule has 1 saturated carbocycles. The summed E-state index contributed by atoms with van der Waals surface area (Å²) in [6.45, 7) is 1.11. The third-order valence-corrected chi connectivity index (χ3v) is 3.40. The normalized spacial score (nSPS) is 43.2. The molecule has 2 nitrogen and oxygen atoms in total. The Balaban J connectivity index is 2.01. The Morgan fingerprint density at radius 3 is 2.75 bits per heavy atom. The van der Waals surface area contributed by atoms with E-state index < -0.39 is 0 Å². The predicted octanol–water partition coefficient (Wildman–Crippen LogP) is 1.29. The van der Waals surface area contributed by atoms with Crippen LogP contribution < -0.4 is 5.32 Å². The van der Waals surface area contributed by atoms with E-state index in [-0.39, 0.29) is 6.10 Å². The zero-order chi connectivity index (χ0) is 8.39. The van der Waals surface area contributed by atoms with Gasteiger partial charge in [-0.3, -0.25) is 0 Å². The van der Waals surface area contributed by atoms with Gasteiger partial charge in [0.15, 0.2) is 0 Å². The van der Waals surface area contributed by atoms with Crippen molar-refractivity contribution in [3.05, 3.63) is 0 Å². The third-order valence-electron chi connectivity index (χ3n) is 3.40. The standard InChI is InChI=1S/C10H19NO/c12-10-6-3-7-11-9-5-2-1-4-8(9)10/h8-12H,1-7H2. The summed E-state index contributed by atoms with van der Waals surface area (Å²) in [4.78, 5) is 0. The fourth-order valence-corrected chi connectivity index (χ4v) is 2.69. The van der Waals surface area contributed by atoms with Gasteiger partial charge in [0.2, 0.25) is 0 Å². The average molecular weight is 169 g/mol. The lowest BCUT2D eigenvalue weighted by molar-refractivity contribution is 0.0679. The molecule has 0 aromatic carbocycles. The van der Waals surface area contributed by atoms with E-state index in [1.807, 2.05) is 0 Å². The Labute approximate surface area is 74.4 Å². The van der Waals surface area contributed by atoms with Gasteiger partial charge in [0.05, 0.1) is 6.10 Å². The minimum atomic E-state index is -0.0229. The number of fused-ring (bicyclic) bond motifs is 1. The predicted molar refractivity (Wildman–Crippen MR) is 49.0 cm³/mol. The van der Waals surface area contributed by atoms with Gasteiger partial charge in [0.1, 0.15) is 0 Å². The second kappa shape index (κ2) is 3.75. The summed E-state index contributed by atoms with van der Waals surface area (Å²) < 4.78 is 0. The van der Waals surface area contributed by atoms with Gasteiger partial charge in [0.25, 0.3) is 0 Å². The molecule has 0 amide bonds. The van der Waals surface area contributed by atoms with Crippen molar-refractivity contribution in [2.45, 2.75) is 50.7 Å². The molecule has 3 atom stereocenters. The first-order valence-corrected chi connectivity index (χ1v) is 5.29. The summed E-state index contributed by atoms with van der Waals surface area (Å²) in [6, 6.07) is 0.622. The van der Waals surface area contributed by atoms with Crippen LogP contribution in [-0.2, 0) is 0 Å². The fraction of sp³-hybridized carbons (Fsp3) is 1.00. The number of hydrogen-bond donors (Lipinski definition) is 2. The van der Waals surface area contributed by atoms with Crippen molar-refractivity contribution in [3.63, 3.8) is 0 Å². The number of aliphatic hydroxyl groups is 1. The van der Waals surface area contributed by atoms with E-state index in [4.69, 9.17) is 0 Å². The highest BCUT2D eigenvalue weighted by molar-refractivity contribution is 4.87. The van der Waals surface area contributed by atoms with Crippen molar-refractivity contribution in [1.29, 1.82) is 0 Å². The summed E-state index contributed by atoms with van der Waals surface area (Å²) in [7, 11) is 0. The maximum absolute atomic E-state index is 9.84. The molecule has 2 aliphatic rings. The lowest BCUT2D eigenvalue weighted by atomic mass is 9.81. The molecule has 1 aliphatic carbocycles. The van der Waals surface area contributed by atoms with Crippen molar-refractivity contribution in [1.82, 2.24) is 5.32 Å². The lowest BCUT2D eigenvalue weighted by Gasteiger charge is -2.33. The molecule has 12 heavy (non-hydrogen) atoms. The molecule has 0 bridgehead atoms. The highest BCUT2D eigenvalue weighted by atomic mass is 16.3. The number of nitrogens with one attached hydrogen (secondary N) is 1. The monoisotopic (exact) mass is 169 g/mol. The smallest absolute Gasteiger partial charge is 0.0583 e. The molecule has 0 aromatic heterocycles. The van der Waals surface area contributed by atoms with Crippen LogP contribution in [0.5, 0.6) is 0 Å². The molecule has 1 saturated heterocycles. The van der Waals surface area contributed by atoms with Crippen LogP contribution in [-0.4, -0.2) is 23.8 Å². The molecular formula is C10H19NO. The Morgan fingerprint density at radius 2 is 1.83 bits per heavy atom. The molecule has 70 valence electrons. The van der Waals surface area contributed by atoms with Gasteiger partial charge in [-0.05, 0) is 32.2 Å². The number of rotatable bonds is 0. The maximum atomic E-state index is 9.84. The zero-order valence-electron chi connectivity index (χ0n) is 7.63. The topological polar surface area (TPSA) is 32.3 Å². The first kappa shape index (κ1) is 8.52. The van der Waals surface area contributed by atoms with Gasteiger partial charge in [-0.15, -0.1) is 0 Å². The summed E-state index contributed by atoms with van der Waals surface area (Å²) in [5.41, 5.74) is 0. The first-order chi connectivity index (χ1) is 5.88. The van der Waals surface area contributed by atoms with Crippen molar-refractivity contribution >= 4 is 0 Å². The summed E-state index contributed by atoms with van der Waals surface area (Å²) in [6.07, 6.45) is 7.31. The SMILES string of the molecule is OC1CCCNC2CCCCC12. The zero-order valence-corrected chi connectivity index (χ0v) is 7.63. The molecule has 0 radical (unpaired) electrons. The molecule has 2 fully saturated rings. The quantitative estimate of drug-likeness (QED) is 0.572. The van der Waals surface area contributed by atoms with Gasteiger partial charge < -0.3 is 10.4 Å². The fourth-order valence-electron chi connectivity index (χ4n) is 2.69. The number of aliphatic hydroxyl groups excluding tert-OH is 1. The summed E-state index contributed by atoms with van der Waals surface area (Å²) in [5, 5.41) is 13.4. The van der Waals surface area contributed by atoms with Crippen LogP contribution in [0.3, 0.4) is 0 Å². The van der Waals surface area contributed by atoms with Crippen LogP contribution in [0.1, 0.15) is 38.5 Å². The van der Waals surface area contributed by atoms with Crippen molar-refractivity contribution in [3.8, 4) is 0 Å². The minimum absolute atomic E-state index is 0.0229. The van der Waals surface area contributed by atoms with Crippen LogP contribution in [0.2, 0.25) is 0 Å². The van der Waals surface area contributed by atoms with Crippen LogP contribution >= 0.6 is 0 Å². The third kappa shape index (κ3) is 1.64. The van der Waals surface area contributed by atoms with Crippen molar-refractivity contribution in [2.75, 3.05) is 6.54 Å². The molecule has 0 spiro atoms. The van der Waals surface area contributed by atoms with Gasteiger partial charge in [-0.25, -0.2) is 0 Å². The van der Waals surface area contributed by atoms with Crippen LogP contribution in [0, 0.1) is 5.92 Å². The van der Waals surface area contributed by atoms with Crippen LogP contribution in [0.25, 0.3) is 0 Å². The van der Waals surface area contributed by atoms with E-state index >= 15 is 0 Å². The molecule has 2 N–H and O–H groups in total. The minimum Gasteiger partial charge on any atom is -0.393 e. The Bertz CT molecular complexity index is 149. The highest BCUT2D eigenvalue weighted by Gasteiger charge is 2.31. The molecule has 2 rings (SSSR count).